The molecule has 0 aromatic carbocycles. The second-order valence-electron chi connectivity index (χ2n) is 30.7. The molecule has 4 atom stereocenters. The lowest BCUT2D eigenvalue weighted by molar-refractivity contribution is 0.144. The van der Waals surface area contributed by atoms with E-state index in [4.69, 9.17) is 14.5 Å². The van der Waals surface area contributed by atoms with Gasteiger partial charge in [0, 0.05) is 146 Å². The van der Waals surface area contributed by atoms with Gasteiger partial charge in [0.2, 0.25) is 30.1 Å². The number of carbonyl (C=O) groups excluding carboxylic acids is 1. The Morgan fingerprint density at radius 1 is 0.472 bits per heavy atom. The van der Waals surface area contributed by atoms with Crippen molar-refractivity contribution in [2.45, 2.75) is 63.5 Å². The molecule has 17 rings (SSSR count). The Kier molecular flexibility index (Phi) is 29.1. The van der Waals surface area contributed by atoms with Crippen LogP contribution in [0.15, 0.2) is 134 Å². The molecule has 5 fully saturated rings. The zero-order valence-corrected chi connectivity index (χ0v) is 71.6. The highest BCUT2D eigenvalue weighted by Crippen LogP contribution is 2.35. The van der Waals surface area contributed by atoms with Crippen molar-refractivity contribution < 1.29 is 79.8 Å². The van der Waals surface area contributed by atoms with Gasteiger partial charge in [0.05, 0.1) is 85.6 Å². The van der Waals surface area contributed by atoms with E-state index in [0.29, 0.717) is 165 Å². The lowest BCUT2D eigenvalue weighted by Crippen LogP contribution is -2.55. The summed E-state index contributed by atoms with van der Waals surface area (Å²) in [6.45, 7) is 9.14. The monoisotopic (exact) mass is 1830 g/mol. The number of amides is 1. The molecule has 0 radical (unpaired) electrons. The lowest BCUT2D eigenvalue weighted by atomic mass is 9.98. The minimum Gasteiger partial charge on any atom is -0.447 e. The van der Waals surface area contributed by atoms with Gasteiger partial charge in [-0.2, -0.15) is 20.4 Å². The number of sulfonamides is 3. The number of ether oxygens (including phenoxy) is 2. The number of alkyl halides is 8. The molecule has 678 valence electrons. The van der Waals surface area contributed by atoms with Crippen molar-refractivity contribution in [1.82, 2.24) is 103 Å². The smallest absolute Gasteiger partial charge is 0.410 e. The van der Waals surface area contributed by atoms with E-state index in [2.05, 4.69) is 105 Å². The third kappa shape index (κ3) is 23.5. The van der Waals surface area contributed by atoms with Crippen LogP contribution in [0.1, 0.15) is 74.2 Å². The number of aliphatic hydroxyl groups is 1. The summed E-state index contributed by atoms with van der Waals surface area (Å²) in [5.74, 6) is 4.18. The van der Waals surface area contributed by atoms with Crippen LogP contribution in [0.3, 0.4) is 0 Å². The Morgan fingerprint density at radius 2 is 0.866 bits per heavy atom. The number of aromatic nitrogens is 16. The first-order valence-electron chi connectivity index (χ1n) is 40.4. The first kappa shape index (κ1) is 91.4. The van der Waals surface area contributed by atoms with E-state index in [1.165, 1.54) is 66.6 Å². The number of piperazine rings is 2. The van der Waals surface area contributed by atoms with Crippen molar-refractivity contribution in [3.05, 3.63) is 157 Å². The van der Waals surface area contributed by atoms with E-state index in [0.717, 1.165) is 80.0 Å². The minimum absolute atomic E-state index is 0.0118. The molecule has 1 amide bonds. The number of imidazole rings is 4. The molecule has 0 aliphatic carbocycles. The van der Waals surface area contributed by atoms with Crippen molar-refractivity contribution in [3.8, 4) is 45.0 Å². The number of piperidine rings is 2. The molecular weight excluding hydrogens is 1740 g/mol. The Hall–Kier alpha value is -11.8. The number of rotatable bonds is 28. The van der Waals surface area contributed by atoms with Crippen LogP contribution in [0.25, 0.3) is 67.6 Å². The molecular formula is C79H93F8N27O10S3. The molecule has 48 heteroatoms. The fraction of sp³-hybridized carbons (Fsp3) is 0.430. The highest BCUT2D eigenvalue weighted by molar-refractivity contribution is 7.89. The Morgan fingerprint density at radius 3 is 1.28 bits per heavy atom. The predicted molar refractivity (Wildman–Crippen MR) is 457 cm³/mol. The third-order valence-corrected chi connectivity index (χ3v) is 23.4. The van der Waals surface area contributed by atoms with Gasteiger partial charge in [-0.1, -0.05) is 0 Å². The summed E-state index contributed by atoms with van der Waals surface area (Å²) in [7, 11) is -8.20. The highest BCUT2D eigenvalue weighted by Gasteiger charge is 2.38. The Balaban J connectivity index is 0.000000138. The number of aliphatic hydroxyl groups excluding tert-OH is 1. The van der Waals surface area contributed by atoms with Crippen LogP contribution in [0.5, 0.6) is 0 Å². The number of halogens is 8. The topological polar surface area (TPSA) is 419 Å². The summed E-state index contributed by atoms with van der Waals surface area (Å²) >= 11 is 0. The van der Waals surface area contributed by atoms with Gasteiger partial charge in [-0.25, -0.2) is 137 Å². The van der Waals surface area contributed by atoms with Crippen molar-refractivity contribution >= 4 is 93.7 Å². The number of nitrogens with zero attached hydrogens (tertiary/aromatic N) is 21. The zero-order valence-electron chi connectivity index (χ0n) is 69.1. The highest BCUT2D eigenvalue weighted by atomic mass is 32.2. The van der Waals surface area contributed by atoms with Gasteiger partial charge in [0.25, 0.3) is 25.7 Å². The van der Waals surface area contributed by atoms with Gasteiger partial charge in [-0.05, 0) is 135 Å². The molecule has 127 heavy (non-hydrogen) atoms. The van der Waals surface area contributed by atoms with Gasteiger partial charge in [-0.15, -0.1) is 0 Å². The number of pyridine rings is 4. The van der Waals surface area contributed by atoms with E-state index < -0.39 is 55.8 Å². The predicted octanol–water partition coefficient (Wildman–Crippen LogP) is 7.88. The maximum absolute atomic E-state index is 13.3. The maximum atomic E-state index is 13.3. The number of hydrogen-bond acceptors (Lipinski definition) is 29. The number of anilines is 6. The van der Waals surface area contributed by atoms with Crippen molar-refractivity contribution in [3.63, 3.8) is 0 Å². The number of carbonyl (C=O) groups is 1. The van der Waals surface area contributed by atoms with Crippen LogP contribution in [0.4, 0.5) is 74.8 Å². The molecule has 37 nitrogen and oxygen atoms in total. The molecule has 0 saturated carbocycles. The van der Waals surface area contributed by atoms with Crippen molar-refractivity contribution in [2.75, 3.05) is 174 Å². The molecule has 4 unspecified atom stereocenters. The van der Waals surface area contributed by atoms with E-state index >= 15 is 0 Å². The van der Waals surface area contributed by atoms with Crippen molar-refractivity contribution in [1.29, 1.82) is 0 Å². The zero-order chi connectivity index (χ0) is 89.8. The average molecular weight is 1830 g/mol. The average Bonchev–Trinajstić information content (AvgIpc) is 1.69. The minimum atomic E-state index is -3.28. The maximum Gasteiger partial charge on any atom is 0.410 e. The van der Waals surface area contributed by atoms with Gasteiger partial charge < -0.3 is 50.1 Å². The number of fused-ring (bicyclic) bond motifs is 5. The molecule has 5 aliphatic heterocycles. The molecule has 12 aromatic heterocycles. The quantitative estimate of drug-likeness (QED) is 0.0181. The molecule has 5 saturated heterocycles. The summed E-state index contributed by atoms with van der Waals surface area (Å²) in [5.41, 5.74) is 5.76. The summed E-state index contributed by atoms with van der Waals surface area (Å²) in [5, 5.41) is 35.0. The van der Waals surface area contributed by atoms with E-state index in [1.807, 2.05) is 30.3 Å². The third-order valence-electron chi connectivity index (χ3n) is 21.3. The normalized spacial score (nSPS) is 17.6. The molecule has 5 aliphatic rings. The first-order chi connectivity index (χ1) is 60.9. The largest absolute Gasteiger partial charge is 0.447 e. The second-order valence-corrected chi connectivity index (χ2v) is 36.2. The van der Waals surface area contributed by atoms with Crippen LogP contribution in [0, 0.1) is 11.8 Å². The summed E-state index contributed by atoms with van der Waals surface area (Å²) in [6, 6.07) is 25.7. The molecule has 12 aromatic rings. The van der Waals surface area contributed by atoms with Crippen LogP contribution in [-0.4, -0.2) is 276 Å². The first-order valence-corrected chi connectivity index (χ1v) is 46.1. The van der Waals surface area contributed by atoms with Crippen LogP contribution >= 0.6 is 0 Å². The van der Waals surface area contributed by atoms with Gasteiger partial charge >= 0.3 is 6.09 Å². The lowest BCUT2D eigenvalue weighted by Gasteiger charge is -2.36. The van der Waals surface area contributed by atoms with E-state index in [-0.39, 0.29) is 72.5 Å². The van der Waals surface area contributed by atoms with E-state index in [9.17, 15) is 70.3 Å². The van der Waals surface area contributed by atoms with Gasteiger partial charge in [0.15, 0.2) is 22.6 Å². The Labute approximate surface area is 723 Å². The number of nitrogens with one attached hydrogen (secondary N) is 6. The SMILES string of the molecule is COCCNc1cc(-c2cnc3ccc(C(F)F)nn23)cc(N2CCCC(CNS(C)(=O)=O)C2)n1.CS(=O)(=O)NCC1CCCN(c2cc(-c3cnc4ccc(C(F)F)nn34)cc(NCCO)n2)C1.CS(=O)(=O)NCC1CN(c2cc(-c3cnc4ccc(C(F)F)nn34)ccn2)CCN1.O=C1OCC2CN(c3cc(-c4cnc5ccc(C(F)F)nn45)ccn3)CCN12. The summed E-state index contributed by atoms with van der Waals surface area (Å²) < 4.78 is 197. The molecule has 0 spiro atoms. The van der Waals surface area contributed by atoms with Crippen LogP contribution < -0.4 is 49.7 Å². The van der Waals surface area contributed by atoms with Gasteiger partial charge in [0.1, 0.15) is 64.3 Å². The second kappa shape index (κ2) is 40.5. The molecule has 7 N–H and O–H groups in total. The Bertz CT molecular complexity index is 6200. The van der Waals surface area contributed by atoms with Gasteiger partial charge in [-0.3, -0.25) is 4.90 Å². The number of hydrogen-bond donors (Lipinski definition) is 7. The number of cyclic esters (lactones) is 1. The standard InChI is InChI=1S/C22H29F2N7O3S.C21H27F2N7O3S.C18H21F2N7O2S.C18H16F2N6O2/c1-34-9-7-25-19-10-16(18-13-26-20-6-5-17(22(23)24)29-31(18)20)11-21(28-19)30-8-3-4-15(14-30)12-27-35(2,32)33;1-34(32,33)26-11-14-3-2-7-29(13-14)20-10-15(9-18(27-20)24-6-8-31)17-12-25-19-5-4-16(21(22)23)28-30(17)19;1-30(28,29)24-9-13-11-26(7-6-21-13)17-8-12(4-5-22-17)15-10-23-16-3-2-14(18(19)20)25-27(15)16;19-17(20)13-1-2-15-22-8-14(26(15)23-13)11-3-4-21-16(7-11)24-5-6-25-12(9-24)10-28-18(25)27/h5-6,10-11,13,15,22,27H,3-4,7-9,12,14H2,1-2H3,(H,25,28);4-5,9-10,12,14,21,26,31H,2-3,6-8,11,13H2,1H3,(H,24,27);2-5,8,10,13,18,21,24H,6-7,9,11H2,1H3;1-4,7-8,12,17H,5-6,9-10H2. The van der Waals surface area contributed by atoms with Crippen molar-refractivity contribution in [2.24, 2.45) is 11.8 Å². The number of methoxy groups -OCH3 is 1. The fourth-order valence-corrected chi connectivity index (χ4v) is 16.7. The molecule has 0 bridgehead atoms. The van der Waals surface area contributed by atoms with E-state index in [1.54, 1.807) is 67.4 Å². The summed E-state index contributed by atoms with van der Waals surface area (Å²) in [4.78, 5) is 57.1. The van der Waals surface area contributed by atoms with Crippen LogP contribution in [-0.2, 0) is 39.5 Å². The summed E-state index contributed by atoms with van der Waals surface area (Å²) in [6.07, 6.45) is 5.68. The van der Waals surface area contributed by atoms with Crippen LogP contribution in [0.2, 0.25) is 0 Å². The molecule has 17 heterocycles. The fourth-order valence-electron chi connectivity index (χ4n) is 15.1.